The number of rotatable bonds is 3. The summed E-state index contributed by atoms with van der Waals surface area (Å²) in [6, 6.07) is 5.61. The van der Waals surface area contributed by atoms with Crippen molar-refractivity contribution in [2.24, 2.45) is 0 Å². The Morgan fingerprint density at radius 2 is 2.29 bits per heavy atom. The van der Waals surface area contributed by atoms with Crippen molar-refractivity contribution < 1.29 is 4.79 Å². The third-order valence-electron chi connectivity index (χ3n) is 3.11. The average molecular weight is 253 g/mol. The number of carbonyl (C=O) groups is 1. The fraction of sp³-hybridized carbons (Fsp3) is 0.462. The summed E-state index contributed by atoms with van der Waals surface area (Å²) in [6.45, 7) is 5.60. The average Bonchev–Trinajstić information content (AvgIpc) is 2.62. The van der Waals surface area contributed by atoms with Crippen LogP contribution in [0.1, 0.15) is 18.9 Å². The molecular formula is C13H17ClN2O. The zero-order valence-electron chi connectivity index (χ0n) is 10.2. The van der Waals surface area contributed by atoms with E-state index >= 15 is 0 Å². The molecule has 0 spiro atoms. The van der Waals surface area contributed by atoms with Crippen LogP contribution in [0.4, 0.5) is 5.69 Å². The van der Waals surface area contributed by atoms with Gasteiger partial charge in [-0.3, -0.25) is 4.79 Å². The predicted molar refractivity (Wildman–Crippen MR) is 70.6 cm³/mol. The molecule has 1 atom stereocenters. The largest absolute Gasteiger partial charge is 0.311 e. The van der Waals surface area contributed by atoms with Crippen LogP contribution >= 0.6 is 11.6 Å². The molecule has 0 aromatic heterocycles. The van der Waals surface area contributed by atoms with Crippen molar-refractivity contribution in [2.75, 3.05) is 18.0 Å². The molecule has 1 amide bonds. The summed E-state index contributed by atoms with van der Waals surface area (Å²) < 4.78 is 0. The molecule has 1 N–H and O–H groups in total. The van der Waals surface area contributed by atoms with Crippen LogP contribution in [-0.4, -0.2) is 25.0 Å². The maximum Gasteiger partial charge on any atom is 0.244 e. The molecule has 1 fully saturated rings. The summed E-state index contributed by atoms with van der Waals surface area (Å²) in [5.41, 5.74) is 2.02. The number of nitrogens with one attached hydrogen (secondary N) is 1. The van der Waals surface area contributed by atoms with Gasteiger partial charge < -0.3 is 10.2 Å². The van der Waals surface area contributed by atoms with Gasteiger partial charge in [-0.1, -0.05) is 18.5 Å². The second kappa shape index (κ2) is 5.07. The predicted octanol–water partition coefficient (Wildman–Crippen LogP) is 2.36. The number of nitrogens with zero attached hydrogens (tertiary/aromatic N) is 1. The topological polar surface area (TPSA) is 32.3 Å². The SMILES string of the molecule is CCNC1CCN(c2ccc(Cl)cc2C)C1=O. The quantitative estimate of drug-likeness (QED) is 0.896. The summed E-state index contributed by atoms with van der Waals surface area (Å²) in [7, 11) is 0. The van der Waals surface area contributed by atoms with Gasteiger partial charge in [0.25, 0.3) is 0 Å². The molecule has 92 valence electrons. The second-order valence-corrected chi connectivity index (χ2v) is 4.76. The van der Waals surface area contributed by atoms with Gasteiger partial charge in [-0.25, -0.2) is 0 Å². The number of hydrogen-bond acceptors (Lipinski definition) is 2. The highest BCUT2D eigenvalue weighted by molar-refractivity contribution is 6.30. The van der Waals surface area contributed by atoms with E-state index < -0.39 is 0 Å². The highest BCUT2D eigenvalue weighted by atomic mass is 35.5. The standard InChI is InChI=1S/C13H17ClN2O/c1-3-15-11-6-7-16(13(11)17)12-5-4-10(14)8-9(12)2/h4-5,8,11,15H,3,6-7H2,1-2H3. The molecule has 1 aromatic rings. The Morgan fingerprint density at radius 3 is 2.94 bits per heavy atom. The van der Waals surface area contributed by atoms with Crippen molar-refractivity contribution in [1.82, 2.24) is 5.32 Å². The van der Waals surface area contributed by atoms with Gasteiger partial charge >= 0.3 is 0 Å². The van der Waals surface area contributed by atoms with E-state index in [4.69, 9.17) is 11.6 Å². The van der Waals surface area contributed by atoms with Gasteiger partial charge in [0.2, 0.25) is 5.91 Å². The van der Waals surface area contributed by atoms with Crippen LogP contribution in [0.2, 0.25) is 5.02 Å². The van der Waals surface area contributed by atoms with E-state index in [-0.39, 0.29) is 11.9 Å². The Bertz CT molecular complexity index is 433. The maximum absolute atomic E-state index is 12.2. The zero-order valence-corrected chi connectivity index (χ0v) is 10.9. The first-order chi connectivity index (χ1) is 8.13. The van der Waals surface area contributed by atoms with E-state index in [1.165, 1.54) is 0 Å². The number of carbonyl (C=O) groups excluding carboxylic acids is 1. The van der Waals surface area contributed by atoms with Crippen LogP contribution in [0, 0.1) is 6.92 Å². The van der Waals surface area contributed by atoms with Crippen LogP contribution in [0.25, 0.3) is 0 Å². The van der Waals surface area contributed by atoms with E-state index in [9.17, 15) is 4.79 Å². The summed E-state index contributed by atoms with van der Waals surface area (Å²) in [5, 5.41) is 3.92. The summed E-state index contributed by atoms with van der Waals surface area (Å²) >= 11 is 5.92. The third-order valence-corrected chi connectivity index (χ3v) is 3.34. The highest BCUT2D eigenvalue weighted by Gasteiger charge is 2.32. The Hall–Kier alpha value is -1.06. The lowest BCUT2D eigenvalue weighted by Gasteiger charge is -2.19. The van der Waals surface area contributed by atoms with Crippen LogP contribution in [0.15, 0.2) is 18.2 Å². The molecule has 1 aromatic carbocycles. The molecular weight excluding hydrogens is 236 g/mol. The fourth-order valence-electron chi connectivity index (χ4n) is 2.28. The lowest BCUT2D eigenvalue weighted by Crippen LogP contribution is -2.38. The number of halogens is 1. The summed E-state index contributed by atoms with van der Waals surface area (Å²) in [6.07, 6.45) is 0.870. The molecule has 1 aliphatic rings. The molecule has 2 rings (SSSR count). The van der Waals surface area contributed by atoms with Crippen molar-refractivity contribution in [3.8, 4) is 0 Å². The van der Waals surface area contributed by atoms with E-state index in [1.54, 1.807) is 0 Å². The van der Waals surface area contributed by atoms with E-state index in [2.05, 4.69) is 5.32 Å². The first-order valence-electron chi connectivity index (χ1n) is 5.94. The minimum absolute atomic E-state index is 0.0323. The van der Waals surface area contributed by atoms with Gasteiger partial charge in [-0.05, 0) is 43.7 Å². The first kappa shape index (κ1) is 12.4. The molecule has 4 heteroatoms. The number of anilines is 1. The number of aryl methyl sites for hydroxylation is 1. The molecule has 0 aliphatic carbocycles. The molecule has 1 heterocycles. The van der Waals surface area contributed by atoms with Crippen LogP contribution in [0.3, 0.4) is 0 Å². The minimum atomic E-state index is -0.0323. The number of benzene rings is 1. The van der Waals surface area contributed by atoms with E-state index in [0.717, 1.165) is 30.8 Å². The highest BCUT2D eigenvalue weighted by Crippen LogP contribution is 2.27. The summed E-state index contributed by atoms with van der Waals surface area (Å²) in [5.74, 6) is 0.164. The first-order valence-corrected chi connectivity index (χ1v) is 6.32. The Balaban J connectivity index is 2.21. The van der Waals surface area contributed by atoms with Crippen molar-refractivity contribution in [1.29, 1.82) is 0 Å². The van der Waals surface area contributed by atoms with Crippen LogP contribution in [-0.2, 0) is 4.79 Å². The van der Waals surface area contributed by atoms with Crippen molar-refractivity contribution >= 4 is 23.2 Å². The van der Waals surface area contributed by atoms with Gasteiger partial charge in [0.15, 0.2) is 0 Å². The smallest absolute Gasteiger partial charge is 0.244 e. The Labute approximate surface area is 107 Å². The zero-order chi connectivity index (χ0) is 12.4. The molecule has 0 saturated carbocycles. The maximum atomic E-state index is 12.2. The van der Waals surface area contributed by atoms with Gasteiger partial charge in [0.1, 0.15) is 0 Å². The van der Waals surface area contributed by atoms with Crippen LogP contribution < -0.4 is 10.2 Å². The van der Waals surface area contributed by atoms with Gasteiger partial charge in [0, 0.05) is 17.3 Å². The minimum Gasteiger partial charge on any atom is -0.311 e. The normalized spacial score (nSPS) is 20.1. The molecule has 0 bridgehead atoms. The molecule has 1 saturated heterocycles. The molecule has 1 unspecified atom stereocenters. The molecule has 1 aliphatic heterocycles. The van der Waals surface area contributed by atoms with Crippen molar-refractivity contribution in [2.45, 2.75) is 26.3 Å². The lowest BCUT2D eigenvalue weighted by molar-refractivity contribution is -0.118. The van der Waals surface area contributed by atoms with Crippen molar-refractivity contribution in [3.05, 3.63) is 28.8 Å². The molecule has 0 radical (unpaired) electrons. The van der Waals surface area contributed by atoms with Crippen molar-refractivity contribution in [3.63, 3.8) is 0 Å². The Morgan fingerprint density at radius 1 is 1.53 bits per heavy atom. The summed E-state index contributed by atoms with van der Waals surface area (Å²) in [4.78, 5) is 14.0. The van der Waals surface area contributed by atoms with E-state index in [0.29, 0.717) is 5.02 Å². The number of hydrogen-bond donors (Lipinski definition) is 1. The van der Waals surface area contributed by atoms with Gasteiger partial charge in [0.05, 0.1) is 6.04 Å². The third kappa shape index (κ3) is 2.45. The van der Waals surface area contributed by atoms with Crippen LogP contribution in [0.5, 0.6) is 0 Å². The monoisotopic (exact) mass is 252 g/mol. The van der Waals surface area contributed by atoms with E-state index in [1.807, 2.05) is 36.9 Å². The number of likely N-dealkylation sites (N-methyl/N-ethyl adjacent to an activating group) is 1. The lowest BCUT2D eigenvalue weighted by atomic mass is 10.2. The Kier molecular flexibility index (Phi) is 3.69. The molecule has 17 heavy (non-hydrogen) atoms. The molecule has 3 nitrogen and oxygen atoms in total. The second-order valence-electron chi connectivity index (χ2n) is 4.32. The fourth-order valence-corrected chi connectivity index (χ4v) is 2.50. The number of amides is 1. The van der Waals surface area contributed by atoms with Gasteiger partial charge in [-0.15, -0.1) is 0 Å². The van der Waals surface area contributed by atoms with Gasteiger partial charge in [-0.2, -0.15) is 0 Å².